The van der Waals surface area contributed by atoms with Gasteiger partial charge in [-0.1, -0.05) is 6.92 Å². The van der Waals surface area contributed by atoms with E-state index in [0.29, 0.717) is 13.0 Å². The van der Waals surface area contributed by atoms with Crippen molar-refractivity contribution in [2.24, 2.45) is 5.92 Å². The molecule has 1 aliphatic heterocycles. The van der Waals surface area contributed by atoms with Crippen molar-refractivity contribution in [3.8, 4) is 0 Å². The first-order valence-electron chi connectivity index (χ1n) is 6.92. The van der Waals surface area contributed by atoms with Gasteiger partial charge in [0.05, 0.1) is 11.6 Å². The Hall–Kier alpha value is -0.660. The number of thiazole rings is 1. The normalized spacial score (nSPS) is 21.3. The highest BCUT2D eigenvalue weighted by Gasteiger charge is 2.41. The number of nitrogens with one attached hydrogen (secondary N) is 1. The maximum Gasteiger partial charge on any atom is 0.393 e. The topological polar surface area (TPSA) is 28.2 Å². The molecular weight excluding hydrogens is 287 g/mol. The minimum atomic E-state index is -4.07. The molecule has 1 aromatic rings. The molecule has 1 fully saturated rings. The molecule has 0 saturated carbocycles. The fourth-order valence-corrected chi connectivity index (χ4v) is 3.18. The molecule has 1 saturated heterocycles. The minimum absolute atomic E-state index is 0.101. The summed E-state index contributed by atoms with van der Waals surface area (Å²) in [6, 6.07) is 0. The van der Waals surface area contributed by atoms with Gasteiger partial charge in [0.15, 0.2) is 0 Å². The van der Waals surface area contributed by atoms with E-state index in [1.165, 1.54) is 0 Å². The summed E-state index contributed by atoms with van der Waals surface area (Å²) >= 11 is 1.56. The molecule has 1 atom stereocenters. The van der Waals surface area contributed by atoms with Gasteiger partial charge in [0.1, 0.15) is 5.01 Å². The number of hydrogen-bond acceptors (Lipinski definition) is 4. The van der Waals surface area contributed by atoms with E-state index in [-0.39, 0.29) is 13.0 Å². The fraction of sp³-hybridized carbons (Fsp3) is 0.769. The first-order valence-corrected chi connectivity index (χ1v) is 7.80. The lowest BCUT2D eigenvalue weighted by Crippen LogP contribution is -2.41. The summed E-state index contributed by atoms with van der Waals surface area (Å²) < 4.78 is 38.2. The average molecular weight is 307 g/mol. The van der Waals surface area contributed by atoms with E-state index in [1.54, 1.807) is 11.3 Å². The zero-order valence-electron chi connectivity index (χ0n) is 11.5. The van der Waals surface area contributed by atoms with Gasteiger partial charge in [-0.3, -0.25) is 4.90 Å². The van der Waals surface area contributed by atoms with Gasteiger partial charge < -0.3 is 5.32 Å². The predicted octanol–water partition coefficient (Wildman–Crippen LogP) is 3.03. The summed E-state index contributed by atoms with van der Waals surface area (Å²) in [7, 11) is 0. The van der Waals surface area contributed by atoms with E-state index in [9.17, 15) is 13.2 Å². The van der Waals surface area contributed by atoms with Crippen LogP contribution in [0.5, 0.6) is 0 Å². The Bertz CT molecular complexity index is 419. The third kappa shape index (κ3) is 4.43. The number of halogens is 3. The zero-order valence-corrected chi connectivity index (χ0v) is 12.4. The summed E-state index contributed by atoms with van der Waals surface area (Å²) in [5.74, 6) is -1.18. The number of hydrogen-bond donors (Lipinski definition) is 1. The van der Waals surface area contributed by atoms with Crippen molar-refractivity contribution >= 4 is 11.3 Å². The van der Waals surface area contributed by atoms with E-state index < -0.39 is 12.1 Å². The van der Waals surface area contributed by atoms with E-state index in [0.717, 1.165) is 30.3 Å². The average Bonchev–Trinajstić information content (AvgIpc) is 2.83. The number of nitrogens with zero attached hydrogens (tertiary/aromatic N) is 2. The van der Waals surface area contributed by atoms with E-state index >= 15 is 0 Å². The molecule has 20 heavy (non-hydrogen) atoms. The zero-order chi connectivity index (χ0) is 14.6. The van der Waals surface area contributed by atoms with Gasteiger partial charge in [-0.25, -0.2) is 4.98 Å². The molecule has 2 heterocycles. The predicted molar refractivity (Wildman–Crippen MR) is 73.6 cm³/mol. The van der Waals surface area contributed by atoms with Crippen LogP contribution in [0.1, 0.15) is 30.5 Å². The lowest BCUT2D eigenvalue weighted by molar-refractivity contribution is -0.187. The van der Waals surface area contributed by atoms with E-state index in [1.807, 2.05) is 17.2 Å². The van der Waals surface area contributed by atoms with Gasteiger partial charge in [0, 0.05) is 25.0 Å². The summed E-state index contributed by atoms with van der Waals surface area (Å²) in [5, 5.41) is 6.13. The summed E-state index contributed by atoms with van der Waals surface area (Å²) in [5.41, 5.74) is 0.880. The number of aromatic nitrogens is 1. The largest absolute Gasteiger partial charge is 0.393 e. The molecule has 1 N–H and O–H groups in total. The van der Waals surface area contributed by atoms with Crippen molar-refractivity contribution < 1.29 is 13.2 Å². The Kier molecular flexibility index (Phi) is 5.40. The molecule has 3 nitrogen and oxygen atoms in total. The molecule has 7 heteroatoms. The maximum absolute atomic E-state index is 12.7. The number of rotatable bonds is 5. The summed E-state index contributed by atoms with van der Waals surface area (Å²) in [4.78, 5) is 6.33. The van der Waals surface area contributed by atoms with Gasteiger partial charge in [-0.2, -0.15) is 13.2 Å². The monoisotopic (exact) mass is 307 g/mol. The van der Waals surface area contributed by atoms with Crippen molar-refractivity contribution in [2.45, 2.75) is 39.0 Å². The molecule has 114 valence electrons. The highest BCUT2D eigenvalue weighted by Crippen LogP contribution is 2.33. The Morgan fingerprint density at radius 1 is 1.50 bits per heavy atom. The first kappa shape index (κ1) is 15.7. The summed E-state index contributed by atoms with van der Waals surface area (Å²) in [6.07, 6.45) is -3.21. The maximum atomic E-state index is 12.7. The lowest BCUT2D eigenvalue weighted by Gasteiger charge is -2.33. The molecule has 1 aliphatic rings. The molecule has 0 amide bonds. The molecule has 2 rings (SSSR count). The Morgan fingerprint density at radius 3 is 3.00 bits per heavy atom. The van der Waals surface area contributed by atoms with Crippen LogP contribution in [0.25, 0.3) is 0 Å². The second-order valence-corrected chi connectivity index (χ2v) is 6.07. The van der Waals surface area contributed by atoms with Crippen LogP contribution in [0.15, 0.2) is 5.38 Å². The van der Waals surface area contributed by atoms with E-state index in [4.69, 9.17) is 0 Å². The highest BCUT2D eigenvalue weighted by molar-refractivity contribution is 7.09. The standard InChI is InChI=1S/C13H20F3N3S/c1-2-17-6-12-18-11(9-20-12)8-19-5-3-4-10(7-19)13(14,15)16/h9-10,17H,2-8H2,1H3. The van der Waals surface area contributed by atoms with Crippen LogP contribution in [0.3, 0.4) is 0 Å². The van der Waals surface area contributed by atoms with Gasteiger partial charge in [0.2, 0.25) is 0 Å². The third-order valence-electron chi connectivity index (χ3n) is 3.48. The van der Waals surface area contributed by atoms with Crippen molar-refractivity contribution in [1.29, 1.82) is 0 Å². The van der Waals surface area contributed by atoms with Crippen LogP contribution < -0.4 is 5.32 Å². The molecule has 0 spiro atoms. The fourth-order valence-electron chi connectivity index (χ4n) is 2.43. The van der Waals surface area contributed by atoms with Crippen LogP contribution in [-0.2, 0) is 13.1 Å². The lowest BCUT2D eigenvalue weighted by atomic mass is 9.97. The minimum Gasteiger partial charge on any atom is -0.311 e. The molecule has 1 aromatic heterocycles. The Labute approximate surface area is 121 Å². The van der Waals surface area contributed by atoms with Crippen LogP contribution in [0, 0.1) is 5.92 Å². The van der Waals surface area contributed by atoms with Crippen LogP contribution in [-0.4, -0.2) is 35.7 Å². The van der Waals surface area contributed by atoms with E-state index in [2.05, 4.69) is 10.3 Å². The number of piperidine rings is 1. The van der Waals surface area contributed by atoms with Crippen molar-refractivity contribution in [1.82, 2.24) is 15.2 Å². The van der Waals surface area contributed by atoms with Crippen molar-refractivity contribution in [3.05, 3.63) is 16.1 Å². The van der Waals surface area contributed by atoms with Crippen molar-refractivity contribution in [2.75, 3.05) is 19.6 Å². The number of alkyl halides is 3. The third-order valence-corrected chi connectivity index (χ3v) is 4.38. The highest BCUT2D eigenvalue weighted by atomic mass is 32.1. The molecule has 0 radical (unpaired) electrons. The van der Waals surface area contributed by atoms with Crippen LogP contribution >= 0.6 is 11.3 Å². The SMILES string of the molecule is CCNCc1nc(CN2CCCC(C(F)(F)F)C2)cs1. The van der Waals surface area contributed by atoms with Crippen molar-refractivity contribution in [3.63, 3.8) is 0 Å². The Morgan fingerprint density at radius 2 is 2.30 bits per heavy atom. The quantitative estimate of drug-likeness (QED) is 0.906. The van der Waals surface area contributed by atoms with Gasteiger partial charge >= 0.3 is 6.18 Å². The molecule has 0 aliphatic carbocycles. The van der Waals surface area contributed by atoms with Gasteiger partial charge in [0.25, 0.3) is 0 Å². The number of likely N-dealkylation sites (tertiary alicyclic amines) is 1. The summed E-state index contributed by atoms with van der Waals surface area (Å²) in [6.45, 7) is 4.99. The smallest absolute Gasteiger partial charge is 0.311 e. The second kappa shape index (κ2) is 6.87. The first-order chi connectivity index (χ1) is 9.49. The van der Waals surface area contributed by atoms with Gasteiger partial charge in [-0.05, 0) is 25.9 Å². The van der Waals surface area contributed by atoms with Crippen LogP contribution in [0.2, 0.25) is 0 Å². The second-order valence-electron chi connectivity index (χ2n) is 5.13. The molecule has 0 aromatic carbocycles. The molecule has 1 unspecified atom stereocenters. The van der Waals surface area contributed by atoms with Gasteiger partial charge in [-0.15, -0.1) is 11.3 Å². The Balaban J connectivity index is 1.87. The molecule has 0 bridgehead atoms. The van der Waals surface area contributed by atoms with Crippen LogP contribution in [0.4, 0.5) is 13.2 Å². The molecular formula is C13H20F3N3S.